The zero-order valence-corrected chi connectivity index (χ0v) is 10.2. The quantitative estimate of drug-likeness (QED) is 0.851. The van der Waals surface area contributed by atoms with Gasteiger partial charge in [-0.15, -0.1) is 0 Å². The van der Waals surface area contributed by atoms with E-state index in [2.05, 4.69) is 20.7 Å². The van der Waals surface area contributed by atoms with Crippen molar-refractivity contribution in [2.75, 3.05) is 7.11 Å². The van der Waals surface area contributed by atoms with Crippen LogP contribution in [0.15, 0.2) is 28.7 Å². The number of carbonyl (C=O) groups excluding carboxylic acids is 1. The Bertz CT molecular complexity index is 324. The summed E-state index contributed by atoms with van der Waals surface area (Å²) in [6.45, 7) is 0. The Kier molecular flexibility index (Phi) is 4.78. The molecule has 1 rings (SSSR count). The normalized spacial score (nSPS) is 12.2. The Morgan fingerprint density at radius 2 is 2.07 bits per heavy atom. The van der Waals surface area contributed by atoms with Crippen LogP contribution in [0.5, 0.6) is 0 Å². The molecule has 0 aliphatic carbocycles. The first-order chi connectivity index (χ1) is 7.13. The van der Waals surface area contributed by atoms with Gasteiger partial charge in [-0.25, -0.2) is 0 Å². The van der Waals surface area contributed by atoms with Crippen molar-refractivity contribution < 1.29 is 9.53 Å². The molecule has 82 valence electrons. The van der Waals surface area contributed by atoms with E-state index in [1.807, 2.05) is 24.3 Å². The van der Waals surface area contributed by atoms with E-state index in [4.69, 9.17) is 5.73 Å². The Hall–Kier alpha value is -0.870. The zero-order valence-electron chi connectivity index (χ0n) is 8.57. The Labute approximate surface area is 97.7 Å². The smallest absolute Gasteiger partial charge is 0.322 e. The molecular formula is C11H14BrNO2. The first kappa shape index (κ1) is 12.2. The van der Waals surface area contributed by atoms with Crippen molar-refractivity contribution in [1.29, 1.82) is 0 Å². The molecule has 1 aromatic rings. The van der Waals surface area contributed by atoms with Crippen LogP contribution in [-0.4, -0.2) is 19.1 Å². The van der Waals surface area contributed by atoms with Gasteiger partial charge in [0, 0.05) is 4.47 Å². The number of esters is 1. The second kappa shape index (κ2) is 5.88. The summed E-state index contributed by atoms with van der Waals surface area (Å²) in [5.41, 5.74) is 6.79. The van der Waals surface area contributed by atoms with Gasteiger partial charge in [0.05, 0.1) is 7.11 Å². The van der Waals surface area contributed by atoms with E-state index in [0.29, 0.717) is 6.42 Å². The first-order valence-electron chi connectivity index (χ1n) is 4.71. The minimum absolute atomic E-state index is 0.355. The predicted molar refractivity (Wildman–Crippen MR) is 62.5 cm³/mol. The van der Waals surface area contributed by atoms with Crippen molar-refractivity contribution in [2.45, 2.75) is 18.9 Å². The molecule has 0 heterocycles. The predicted octanol–water partition coefficient (Wildman–Crippen LogP) is 1.88. The lowest BCUT2D eigenvalue weighted by Crippen LogP contribution is -2.31. The molecule has 1 aromatic carbocycles. The summed E-state index contributed by atoms with van der Waals surface area (Å²) >= 11 is 3.36. The number of benzene rings is 1. The van der Waals surface area contributed by atoms with Gasteiger partial charge in [0.15, 0.2) is 0 Å². The van der Waals surface area contributed by atoms with Crippen LogP contribution in [0.3, 0.4) is 0 Å². The van der Waals surface area contributed by atoms with Crippen LogP contribution in [0.1, 0.15) is 12.0 Å². The molecule has 0 saturated heterocycles. The fraction of sp³-hybridized carbons (Fsp3) is 0.364. The van der Waals surface area contributed by atoms with Crippen LogP contribution in [0.2, 0.25) is 0 Å². The molecule has 0 fully saturated rings. The van der Waals surface area contributed by atoms with Gasteiger partial charge in [0.2, 0.25) is 0 Å². The van der Waals surface area contributed by atoms with Crippen LogP contribution in [0.4, 0.5) is 0 Å². The van der Waals surface area contributed by atoms with E-state index in [1.54, 1.807) is 0 Å². The molecule has 0 aromatic heterocycles. The molecule has 0 radical (unpaired) electrons. The maximum atomic E-state index is 11.0. The van der Waals surface area contributed by atoms with Crippen molar-refractivity contribution in [1.82, 2.24) is 0 Å². The summed E-state index contributed by atoms with van der Waals surface area (Å²) in [7, 11) is 1.35. The number of halogens is 1. The lowest BCUT2D eigenvalue weighted by molar-refractivity contribution is -0.142. The monoisotopic (exact) mass is 271 g/mol. The number of rotatable bonds is 4. The van der Waals surface area contributed by atoms with Gasteiger partial charge in [0.1, 0.15) is 6.04 Å². The van der Waals surface area contributed by atoms with E-state index in [1.165, 1.54) is 7.11 Å². The Morgan fingerprint density at radius 1 is 1.47 bits per heavy atom. The average Bonchev–Trinajstić information content (AvgIpc) is 2.26. The minimum atomic E-state index is -0.529. The number of carbonyl (C=O) groups is 1. The van der Waals surface area contributed by atoms with Gasteiger partial charge >= 0.3 is 5.97 Å². The van der Waals surface area contributed by atoms with E-state index in [9.17, 15) is 4.79 Å². The Balaban J connectivity index is 2.43. The van der Waals surface area contributed by atoms with Crippen molar-refractivity contribution in [3.05, 3.63) is 34.3 Å². The maximum Gasteiger partial charge on any atom is 0.322 e. The van der Waals surface area contributed by atoms with Crippen molar-refractivity contribution in [2.24, 2.45) is 5.73 Å². The van der Waals surface area contributed by atoms with Gasteiger partial charge in [-0.2, -0.15) is 0 Å². The summed E-state index contributed by atoms with van der Waals surface area (Å²) in [6.07, 6.45) is 1.39. The van der Waals surface area contributed by atoms with Gasteiger partial charge < -0.3 is 10.5 Å². The molecule has 0 bridgehead atoms. The van der Waals surface area contributed by atoms with Crippen LogP contribution >= 0.6 is 15.9 Å². The number of nitrogens with two attached hydrogens (primary N) is 1. The van der Waals surface area contributed by atoms with E-state index in [0.717, 1.165) is 16.5 Å². The van der Waals surface area contributed by atoms with Crippen molar-refractivity contribution >= 4 is 21.9 Å². The van der Waals surface area contributed by atoms with Crippen LogP contribution in [-0.2, 0) is 16.0 Å². The molecule has 0 saturated carbocycles. The molecule has 0 aliphatic rings. The summed E-state index contributed by atoms with van der Waals surface area (Å²) in [5.74, 6) is -0.355. The minimum Gasteiger partial charge on any atom is -0.468 e. The highest BCUT2D eigenvalue weighted by Gasteiger charge is 2.12. The van der Waals surface area contributed by atoms with Crippen molar-refractivity contribution in [3.63, 3.8) is 0 Å². The molecule has 0 aliphatic heterocycles. The van der Waals surface area contributed by atoms with E-state index in [-0.39, 0.29) is 5.97 Å². The molecule has 1 atom stereocenters. The van der Waals surface area contributed by atoms with Gasteiger partial charge in [0.25, 0.3) is 0 Å². The molecule has 2 N–H and O–H groups in total. The van der Waals surface area contributed by atoms with Gasteiger partial charge in [-0.05, 0) is 30.5 Å². The lowest BCUT2D eigenvalue weighted by atomic mass is 10.1. The van der Waals surface area contributed by atoms with Gasteiger partial charge in [-0.3, -0.25) is 4.79 Å². The second-order valence-corrected chi connectivity index (χ2v) is 4.21. The zero-order chi connectivity index (χ0) is 11.3. The van der Waals surface area contributed by atoms with Crippen LogP contribution in [0, 0.1) is 0 Å². The summed E-state index contributed by atoms with van der Waals surface area (Å²) in [4.78, 5) is 11.0. The number of hydrogen-bond acceptors (Lipinski definition) is 3. The third kappa shape index (κ3) is 4.01. The standard InChI is InChI=1S/C11H14BrNO2/c1-15-11(14)10(13)7-4-8-2-5-9(12)6-3-8/h2-3,5-6,10H,4,7,13H2,1H3. The van der Waals surface area contributed by atoms with E-state index >= 15 is 0 Å². The van der Waals surface area contributed by atoms with Gasteiger partial charge in [-0.1, -0.05) is 28.1 Å². The number of methoxy groups -OCH3 is 1. The first-order valence-corrected chi connectivity index (χ1v) is 5.50. The van der Waals surface area contributed by atoms with E-state index < -0.39 is 6.04 Å². The summed E-state index contributed by atoms with van der Waals surface area (Å²) in [5, 5.41) is 0. The highest BCUT2D eigenvalue weighted by Crippen LogP contribution is 2.12. The molecule has 15 heavy (non-hydrogen) atoms. The maximum absolute atomic E-state index is 11.0. The largest absolute Gasteiger partial charge is 0.468 e. The lowest BCUT2D eigenvalue weighted by Gasteiger charge is -2.08. The molecule has 3 nitrogen and oxygen atoms in total. The SMILES string of the molecule is COC(=O)C(N)CCc1ccc(Br)cc1. The van der Waals surface area contributed by atoms with Crippen LogP contribution in [0.25, 0.3) is 0 Å². The number of aryl methyl sites for hydroxylation is 1. The highest BCUT2D eigenvalue weighted by atomic mass is 79.9. The summed E-state index contributed by atoms with van der Waals surface area (Å²) < 4.78 is 5.59. The van der Waals surface area contributed by atoms with Crippen molar-refractivity contribution in [3.8, 4) is 0 Å². The average molecular weight is 272 g/mol. The fourth-order valence-corrected chi connectivity index (χ4v) is 1.51. The topological polar surface area (TPSA) is 52.3 Å². The molecule has 0 amide bonds. The third-order valence-electron chi connectivity index (χ3n) is 2.16. The third-order valence-corrected chi connectivity index (χ3v) is 2.69. The number of hydrogen-bond donors (Lipinski definition) is 1. The fourth-order valence-electron chi connectivity index (χ4n) is 1.24. The highest BCUT2D eigenvalue weighted by molar-refractivity contribution is 9.10. The van der Waals surface area contributed by atoms with Crippen LogP contribution < -0.4 is 5.73 Å². The number of ether oxygens (including phenoxy) is 1. The molecule has 1 unspecified atom stereocenters. The Morgan fingerprint density at radius 3 is 2.60 bits per heavy atom. The molecule has 0 spiro atoms. The second-order valence-electron chi connectivity index (χ2n) is 3.29. The molecular weight excluding hydrogens is 258 g/mol. The summed E-state index contributed by atoms with van der Waals surface area (Å²) in [6, 6.07) is 7.43. The molecule has 4 heteroatoms.